The van der Waals surface area contributed by atoms with E-state index in [9.17, 15) is 4.79 Å². The molecule has 1 saturated carbocycles. The van der Waals surface area contributed by atoms with Crippen LogP contribution in [0.3, 0.4) is 0 Å². The van der Waals surface area contributed by atoms with E-state index in [-0.39, 0.29) is 12.2 Å². The minimum atomic E-state index is -0.472. The fraction of sp³-hybridized carbons (Fsp3) is 0.739. The van der Waals surface area contributed by atoms with Crippen molar-refractivity contribution in [1.82, 2.24) is 14.8 Å². The van der Waals surface area contributed by atoms with Gasteiger partial charge in [-0.2, -0.15) is 0 Å². The molecule has 6 heteroatoms. The molecule has 0 unspecified atom stereocenters. The van der Waals surface area contributed by atoms with Crippen LogP contribution in [-0.2, 0) is 17.7 Å². The first kappa shape index (κ1) is 20.5. The predicted molar refractivity (Wildman–Crippen MR) is 112 cm³/mol. The molecule has 29 heavy (non-hydrogen) atoms. The second-order valence-electron chi connectivity index (χ2n) is 9.70. The summed E-state index contributed by atoms with van der Waals surface area (Å²) < 4.78 is 11.7. The molecule has 1 amide bonds. The van der Waals surface area contributed by atoms with Crippen LogP contribution < -0.4 is 4.74 Å². The van der Waals surface area contributed by atoms with Crippen LogP contribution in [0.5, 0.6) is 5.88 Å². The number of rotatable bonds is 3. The normalized spacial score (nSPS) is 21.8. The van der Waals surface area contributed by atoms with E-state index >= 15 is 0 Å². The van der Waals surface area contributed by atoms with Gasteiger partial charge < -0.3 is 19.3 Å². The van der Waals surface area contributed by atoms with E-state index in [1.165, 1.54) is 25.7 Å². The van der Waals surface area contributed by atoms with Gasteiger partial charge in [-0.25, -0.2) is 9.78 Å². The van der Waals surface area contributed by atoms with Crippen LogP contribution >= 0.6 is 0 Å². The van der Waals surface area contributed by atoms with Crippen LogP contribution in [-0.4, -0.2) is 58.3 Å². The molecule has 2 fully saturated rings. The van der Waals surface area contributed by atoms with Crippen molar-refractivity contribution in [2.45, 2.75) is 90.0 Å². The summed E-state index contributed by atoms with van der Waals surface area (Å²) in [6.07, 6.45) is 8.46. The number of piperidine rings is 1. The lowest BCUT2D eigenvalue weighted by Crippen LogP contribution is -2.43. The topological polar surface area (TPSA) is 54.9 Å². The molecule has 0 N–H and O–H groups in total. The third kappa shape index (κ3) is 5.21. The van der Waals surface area contributed by atoms with Crippen molar-refractivity contribution in [3.8, 4) is 5.88 Å². The number of hydrogen-bond donors (Lipinski definition) is 0. The molecule has 0 bridgehead atoms. The lowest BCUT2D eigenvalue weighted by molar-refractivity contribution is 0.0222. The van der Waals surface area contributed by atoms with Gasteiger partial charge in [-0.1, -0.05) is 18.9 Å². The van der Waals surface area contributed by atoms with Gasteiger partial charge >= 0.3 is 6.09 Å². The summed E-state index contributed by atoms with van der Waals surface area (Å²) in [5.74, 6) is 0.730. The molecule has 3 heterocycles. The van der Waals surface area contributed by atoms with Gasteiger partial charge in [-0.15, -0.1) is 0 Å². The molecule has 3 aliphatic rings. The van der Waals surface area contributed by atoms with Gasteiger partial charge in [-0.05, 0) is 52.0 Å². The smallest absolute Gasteiger partial charge is 0.410 e. The molecular weight excluding hydrogens is 366 g/mol. The Balaban J connectivity index is 1.30. The molecule has 1 aromatic rings. The molecule has 1 saturated heterocycles. The summed E-state index contributed by atoms with van der Waals surface area (Å²) in [5.41, 5.74) is 1.66. The Kier molecular flexibility index (Phi) is 6.00. The van der Waals surface area contributed by atoms with Crippen molar-refractivity contribution in [2.75, 3.05) is 19.6 Å². The zero-order chi connectivity index (χ0) is 20.4. The van der Waals surface area contributed by atoms with Crippen LogP contribution in [0.15, 0.2) is 12.1 Å². The molecule has 0 spiro atoms. The van der Waals surface area contributed by atoms with E-state index in [2.05, 4.69) is 11.0 Å². The largest absolute Gasteiger partial charge is 0.474 e. The predicted octanol–water partition coefficient (Wildman–Crippen LogP) is 4.16. The Morgan fingerprint density at radius 1 is 1.07 bits per heavy atom. The van der Waals surface area contributed by atoms with E-state index in [0.29, 0.717) is 13.1 Å². The van der Waals surface area contributed by atoms with E-state index in [4.69, 9.17) is 14.5 Å². The van der Waals surface area contributed by atoms with Gasteiger partial charge in [0.05, 0.1) is 12.2 Å². The first-order valence-electron chi connectivity index (χ1n) is 11.2. The zero-order valence-corrected chi connectivity index (χ0v) is 18.2. The highest BCUT2D eigenvalue weighted by Crippen LogP contribution is 2.28. The standard InChI is InChI=1S/C23H35N3O3/c1-23(2,3)29-22(27)26-15-12-20-17(16-26)8-9-21(24-20)28-19-10-13-25(14-11-19)18-6-4-5-7-18/h8-9,18-19H,4-7,10-16H2,1-3H3. The van der Waals surface area contributed by atoms with Gasteiger partial charge in [0.25, 0.3) is 0 Å². The summed E-state index contributed by atoms with van der Waals surface area (Å²) in [5, 5.41) is 0. The summed E-state index contributed by atoms with van der Waals surface area (Å²) in [4.78, 5) is 21.5. The highest BCUT2D eigenvalue weighted by molar-refractivity contribution is 5.68. The fourth-order valence-corrected chi connectivity index (χ4v) is 4.74. The number of pyridine rings is 1. The number of aromatic nitrogens is 1. The number of ether oxygens (including phenoxy) is 2. The molecular formula is C23H35N3O3. The molecule has 4 rings (SSSR count). The van der Waals surface area contributed by atoms with E-state index in [1.54, 1.807) is 4.90 Å². The quantitative estimate of drug-likeness (QED) is 0.761. The Bertz CT molecular complexity index is 717. The third-order valence-corrected chi connectivity index (χ3v) is 6.28. The maximum absolute atomic E-state index is 12.3. The van der Waals surface area contributed by atoms with Crippen molar-refractivity contribution in [3.63, 3.8) is 0 Å². The molecule has 1 aromatic heterocycles. The zero-order valence-electron chi connectivity index (χ0n) is 18.2. The molecule has 1 aliphatic carbocycles. The number of amides is 1. The van der Waals surface area contributed by atoms with Crippen molar-refractivity contribution in [3.05, 3.63) is 23.4 Å². The number of fused-ring (bicyclic) bond motifs is 1. The molecule has 0 atom stereocenters. The number of carbonyl (C=O) groups is 1. The lowest BCUT2D eigenvalue weighted by atomic mass is 10.0. The van der Waals surface area contributed by atoms with Crippen molar-refractivity contribution >= 4 is 6.09 Å². The van der Waals surface area contributed by atoms with Crippen molar-refractivity contribution < 1.29 is 14.3 Å². The highest BCUT2D eigenvalue weighted by atomic mass is 16.6. The van der Waals surface area contributed by atoms with Gasteiger partial charge in [-0.3, -0.25) is 0 Å². The molecule has 6 nitrogen and oxygen atoms in total. The van der Waals surface area contributed by atoms with E-state index < -0.39 is 5.60 Å². The first-order chi connectivity index (χ1) is 13.9. The van der Waals surface area contributed by atoms with Crippen LogP contribution in [0.2, 0.25) is 0 Å². The summed E-state index contributed by atoms with van der Waals surface area (Å²) in [7, 11) is 0. The molecule has 0 radical (unpaired) electrons. The highest BCUT2D eigenvalue weighted by Gasteiger charge is 2.29. The third-order valence-electron chi connectivity index (χ3n) is 6.28. The van der Waals surface area contributed by atoms with E-state index in [1.807, 2.05) is 26.8 Å². The minimum Gasteiger partial charge on any atom is -0.474 e. The second kappa shape index (κ2) is 8.50. The minimum absolute atomic E-state index is 0.252. The maximum Gasteiger partial charge on any atom is 0.410 e. The van der Waals surface area contributed by atoms with Gasteiger partial charge in [0.15, 0.2) is 0 Å². The van der Waals surface area contributed by atoms with Crippen LogP contribution in [0.4, 0.5) is 4.79 Å². The Labute approximate surface area is 174 Å². The van der Waals surface area contributed by atoms with Gasteiger partial charge in [0.1, 0.15) is 11.7 Å². The van der Waals surface area contributed by atoms with Crippen LogP contribution in [0.1, 0.15) is 70.6 Å². The monoisotopic (exact) mass is 401 g/mol. The molecule has 2 aliphatic heterocycles. The number of carbonyl (C=O) groups excluding carboxylic acids is 1. The summed E-state index contributed by atoms with van der Waals surface area (Å²) in [6, 6.07) is 4.83. The Morgan fingerprint density at radius 3 is 2.48 bits per heavy atom. The van der Waals surface area contributed by atoms with Gasteiger partial charge in [0, 0.05) is 38.2 Å². The van der Waals surface area contributed by atoms with Crippen molar-refractivity contribution in [2.24, 2.45) is 0 Å². The Hall–Kier alpha value is -1.82. The average molecular weight is 402 g/mol. The Morgan fingerprint density at radius 2 is 1.79 bits per heavy atom. The number of likely N-dealkylation sites (tertiary alicyclic amines) is 1. The molecule has 160 valence electrons. The fourth-order valence-electron chi connectivity index (χ4n) is 4.74. The van der Waals surface area contributed by atoms with E-state index in [0.717, 1.165) is 55.5 Å². The van der Waals surface area contributed by atoms with Crippen LogP contribution in [0.25, 0.3) is 0 Å². The molecule has 0 aromatic carbocycles. The van der Waals surface area contributed by atoms with Crippen molar-refractivity contribution in [1.29, 1.82) is 0 Å². The lowest BCUT2D eigenvalue weighted by Gasteiger charge is -2.36. The number of hydrogen-bond acceptors (Lipinski definition) is 5. The average Bonchev–Trinajstić information content (AvgIpc) is 3.21. The van der Waals surface area contributed by atoms with Gasteiger partial charge in [0.2, 0.25) is 5.88 Å². The summed E-state index contributed by atoms with van der Waals surface area (Å²) >= 11 is 0. The number of nitrogens with zero attached hydrogens (tertiary/aromatic N) is 3. The summed E-state index contributed by atoms with van der Waals surface area (Å²) in [6.45, 7) is 9.16. The first-order valence-corrected chi connectivity index (χ1v) is 11.2. The SMILES string of the molecule is CC(C)(C)OC(=O)N1CCc2nc(OC3CCN(C4CCCC4)CC3)ccc2C1. The second-order valence-corrected chi connectivity index (χ2v) is 9.70. The maximum atomic E-state index is 12.3. The van der Waals surface area contributed by atoms with Crippen LogP contribution in [0, 0.1) is 0 Å².